The van der Waals surface area contributed by atoms with Crippen LogP contribution in [0.25, 0.3) is 0 Å². The molecule has 0 radical (unpaired) electrons. The quantitative estimate of drug-likeness (QED) is 0.621. The van der Waals surface area contributed by atoms with Gasteiger partial charge in [-0.05, 0) is 34.9 Å². The van der Waals surface area contributed by atoms with E-state index in [-0.39, 0.29) is 5.56 Å². The number of anilines is 1. The van der Waals surface area contributed by atoms with Crippen LogP contribution in [0, 0.1) is 9.49 Å². The Bertz CT molecular complexity index is 376. The largest absolute Gasteiger partial charge is 0.369 e. The van der Waals surface area contributed by atoms with E-state index >= 15 is 0 Å². The fraction of sp³-hybridized carbons (Fsp3) is 0.636. The molecular weight excluding hydrogens is 317 g/mol. The summed E-state index contributed by atoms with van der Waals surface area (Å²) in [5.74, 6) is 1.45. The van der Waals surface area contributed by atoms with Crippen molar-refractivity contribution in [1.29, 1.82) is 0 Å². The van der Waals surface area contributed by atoms with Crippen molar-refractivity contribution in [3.8, 4) is 0 Å². The molecule has 1 aromatic rings. The molecule has 1 aromatic heterocycles. The maximum Gasteiger partial charge on any atom is 0.266 e. The summed E-state index contributed by atoms with van der Waals surface area (Å²) in [5.41, 5.74) is -0.0831. The summed E-state index contributed by atoms with van der Waals surface area (Å²) in [4.78, 5) is 17.9. The highest BCUT2D eigenvalue weighted by atomic mass is 127. The first-order valence-electron chi connectivity index (χ1n) is 5.58. The zero-order chi connectivity index (χ0) is 12.0. The summed E-state index contributed by atoms with van der Waals surface area (Å²) < 4.78 is 0.629. The second-order valence-electron chi connectivity index (χ2n) is 4.21. The van der Waals surface area contributed by atoms with Crippen LogP contribution < -0.4 is 10.9 Å². The van der Waals surface area contributed by atoms with E-state index in [0.717, 1.165) is 18.9 Å². The zero-order valence-corrected chi connectivity index (χ0v) is 11.9. The molecule has 1 rings (SSSR count). The highest BCUT2D eigenvalue weighted by molar-refractivity contribution is 14.1. The number of nitrogens with zero attached hydrogens (tertiary/aromatic N) is 1. The van der Waals surface area contributed by atoms with Crippen molar-refractivity contribution in [3.63, 3.8) is 0 Å². The van der Waals surface area contributed by atoms with Crippen molar-refractivity contribution < 1.29 is 0 Å². The number of aromatic amines is 1. The van der Waals surface area contributed by atoms with E-state index in [2.05, 4.69) is 29.1 Å². The Balaban J connectivity index is 2.32. The van der Waals surface area contributed by atoms with Gasteiger partial charge in [-0.3, -0.25) is 4.79 Å². The van der Waals surface area contributed by atoms with Crippen LogP contribution >= 0.6 is 22.6 Å². The average molecular weight is 335 g/mol. The van der Waals surface area contributed by atoms with Crippen LogP contribution in [0.2, 0.25) is 0 Å². The van der Waals surface area contributed by atoms with Crippen LogP contribution in [0.3, 0.4) is 0 Å². The highest BCUT2D eigenvalue weighted by Gasteiger charge is 2.03. The number of H-pyrrole nitrogens is 1. The fourth-order valence-electron chi connectivity index (χ4n) is 1.39. The topological polar surface area (TPSA) is 57.8 Å². The van der Waals surface area contributed by atoms with Gasteiger partial charge >= 0.3 is 0 Å². The van der Waals surface area contributed by atoms with E-state index in [0.29, 0.717) is 9.39 Å². The molecule has 0 bridgehead atoms. The van der Waals surface area contributed by atoms with Crippen LogP contribution in [0.5, 0.6) is 0 Å². The van der Waals surface area contributed by atoms with Gasteiger partial charge < -0.3 is 10.3 Å². The van der Waals surface area contributed by atoms with Gasteiger partial charge in [0.25, 0.3) is 5.56 Å². The fourth-order valence-corrected chi connectivity index (χ4v) is 1.88. The minimum absolute atomic E-state index is 0.0831. The Kier molecular flexibility index (Phi) is 5.79. The van der Waals surface area contributed by atoms with Gasteiger partial charge in [-0.25, -0.2) is 4.98 Å². The molecule has 0 aromatic carbocycles. The molecule has 90 valence electrons. The van der Waals surface area contributed by atoms with Crippen molar-refractivity contribution in [2.75, 3.05) is 11.9 Å². The van der Waals surface area contributed by atoms with E-state index in [1.807, 2.05) is 22.6 Å². The van der Waals surface area contributed by atoms with Gasteiger partial charge in [0.2, 0.25) is 0 Å². The standard InChI is InChI=1S/C11H18IN3O/c1-8(2)5-3-4-6-13-10-9(12)11(16)15-7-14-10/h7-8H,3-6H2,1-2H3,(H2,13,14,15,16). The molecule has 0 aliphatic carbocycles. The normalized spacial score (nSPS) is 10.8. The lowest BCUT2D eigenvalue weighted by atomic mass is 10.1. The first-order chi connectivity index (χ1) is 7.61. The summed E-state index contributed by atoms with van der Waals surface area (Å²) in [6.45, 7) is 5.34. The first-order valence-corrected chi connectivity index (χ1v) is 6.66. The second kappa shape index (κ2) is 6.88. The molecule has 0 saturated carbocycles. The van der Waals surface area contributed by atoms with Crippen molar-refractivity contribution in [3.05, 3.63) is 20.3 Å². The number of hydrogen-bond donors (Lipinski definition) is 2. The molecule has 0 fully saturated rings. The lowest BCUT2D eigenvalue weighted by Gasteiger charge is -2.07. The van der Waals surface area contributed by atoms with Crippen LogP contribution in [0.1, 0.15) is 33.1 Å². The Morgan fingerprint density at radius 2 is 2.25 bits per heavy atom. The first kappa shape index (κ1) is 13.5. The number of aromatic nitrogens is 2. The summed E-state index contributed by atoms with van der Waals surface area (Å²) >= 11 is 2.01. The number of unbranched alkanes of at least 4 members (excludes halogenated alkanes) is 1. The SMILES string of the molecule is CC(C)CCCCNc1nc[nH]c(=O)c1I. The van der Waals surface area contributed by atoms with E-state index in [1.54, 1.807) is 0 Å². The van der Waals surface area contributed by atoms with Crippen LogP contribution in [-0.4, -0.2) is 16.5 Å². The zero-order valence-electron chi connectivity index (χ0n) is 9.72. The van der Waals surface area contributed by atoms with E-state index in [9.17, 15) is 4.79 Å². The van der Waals surface area contributed by atoms with Crippen LogP contribution in [0.15, 0.2) is 11.1 Å². The van der Waals surface area contributed by atoms with Gasteiger partial charge in [0.05, 0.1) is 6.33 Å². The Hall–Kier alpha value is -0.590. The summed E-state index contributed by atoms with van der Waals surface area (Å²) in [7, 11) is 0. The third-order valence-electron chi connectivity index (χ3n) is 2.30. The molecule has 2 N–H and O–H groups in total. The van der Waals surface area contributed by atoms with Gasteiger partial charge in [0, 0.05) is 6.54 Å². The summed E-state index contributed by atoms with van der Waals surface area (Å²) in [6.07, 6.45) is 5.01. The molecule has 0 atom stereocenters. The van der Waals surface area contributed by atoms with Crippen molar-refractivity contribution >= 4 is 28.4 Å². The Morgan fingerprint density at radius 3 is 2.94 bits per heavy atom. The van der Waals surface area contributed by atoms with Crippen molar-refractivity contribution in [2.45, 2.75) is 33.1 Å². The molecule has 0 unspecified atom stereocenters. The van der Waals surface area contributed by atoms with Gasteiger partial charge in [-0.15, -0.1) is 0 Å². The van der Waals surface area contributed by atoms with Gasteiger partial charge in [0.1, 0.15) is 9.39 Å². The molecule has 0 amide bonds. The average Bonchev–Trinajstić information content (AvgIpc) is 2.23. The van der Waals surface area contributed by atoms with Crippen molar-refractivity contribution in [1.82, 2.24) is 9.97 Å². The number of nitrogens with one attached hydrogen (secondary N) is 2. The smallest absolute Gasteiger partial charge is 0.266 e. The number of hydrogen-bond acceptors (Lipinski definition) is 3. The Morgan fingerprint density at radius 1 is 1.50 bits per heavy atom. The van der Waals surface area contributed by atoms with Gasteiger partial charge in [0.15, 0.2) is 0 Å². The molecule has 5 heteroatoms. The summed E-state index contributed by atoms with van der Waals surface area (Å²) in [5, 5.41) is 3.19. The Labute approximate surface area is 109 Å². The number of halogens is 1. The van der Waals surface area contributed by atoms with E-state index < -0.39 is 0 Å². The molecular formula is C11H18IN3O. The minimum Gasteiger partial charge on any atom is -0.369 e. The molecule has 0 aliphatic heterocycles. The molecule has 16 heavy (non-hydrogen) atoms. The van der Waals surface area contributed by atoms with E-state index in [1.165, 1.54) is 19.2 Å². The van der Waals surface area contributed by atoms with Gasteiger partial charge in [-0.2, -0.15) is 0 Å². The third-order valence-corrected chi connectivity index (χ3v) is 3.30. The number of rotatable bonds is 6. The maximum atomic E-state index is 11.3. The van der Waals surface area contributed by atoms with Crippen LogP contribution in [0.4, 0.5) is 5.82 Å². The monoisotopic (exact) mass is 335 g/mol. The predicted molar refractivity (Wildman–Crippen MR) is 74.8 cm³/mol. The molecule has 0 aliphatic rings. The molecule has 0 saturated heterocycles. The molecule has 0 spiro atoms. The minimum atomic E-state index is -0.0831. The van der Waals surface area contributed by atoms with E-state index in [4.69, 9.17) is 0 Å². The molecule has 4 nitrogen and oxygen atoms in total. The second-order valence-corrected chi connectivity index (χ2v) is 5.29. The maximum absolute atomic E-state index is 11.3. The summed E-state index contributed by atoms with van der Waals surface area (Å²) in [6, 6.07) is 0. The lowest BCUT2D eigenvalue weighted by molar-refractivity contribution is 0.544. The predicted octanol–water partition coefficient (Wildman–Crippen LogP) is 2.61. The van der Waals surface area contributed by atoms with Crippen molar-refractivity contribution in [2.24, 2.45) is 5.92 Å². The third kappa shape index (κ3) is 4.51. The van der Waals surface area contributed by atoms with Gasteiger partial charge in [-0.1, -0.05) is 26.7 Å². The molecule has 1 heterocycles. The van der Waals surface area contributed by atoms with Crippen LogP contribution in [-0.2, 0) is 0 Å². The highest BCUT2D eigenvalue weighted by Crippen LogP contribution is 2.10. The lowest BCUT2D eigenvalue weighted by Crippen LogP contribution is -2.15.